The first-order valence-corrected chi connectivity index (χ1v) is 5.28. The smallest absolute Gasteiger partial charge is 0.273 e. The first-order valence-electron chi connectivity index (χ1n) is 5.28. The number of nitrogens with one attached hydrogen (secondary N) is 2. The first kappa shape index (κ1) is 10.7. The van der Waals surface area contributed by atoms with Gasteiger partial charge in [0, 0.05) is 36.1 Å². The maximum Gasteiger partial charge on any atom is 0.273 e. The predicted octanol–water partition coefficient (Wildman–Crippen LogP) is 2.60. The topological polar surface area (TPSA) is 67.2 Å². The molecular formula is C11H15N3O2. The summed E-state index contributed by atoms with van der Waals surface area (Å²) in [5.74, 6) is 0. The van der Waals surface area contributed by atoms with Crippen molar-refractivity contribution in [2.24, 2.45) is 0 Å². The van der Waals surface area contributed by atoms with Gasteiger partial charge in [0.2, 0.25) is 0 Å². The molecule has 5 heteroatoms. The largest absolute Gasteiger partial charge is 0.388 e. The van der Waals surface area contributed by atoms with Crippen molar-refractivity contribution < 1.29 is 4.92 Å². The molecule has 16 heavy (non-hydrogen) atoms. The predicted molar refractivity (Wildman–Crippen MR) is 63.9 cm³/mol. The Morgan fingerprint density at radius 3 is 2.44 bits per heavy atom. The second-order valence-electron chi connectivity index (χ2n) is 4.46. The van der Waals surface area contributed by atoms with Crippen molar-refractivity contribution >= 4 is 17.1 Å². The number of hydrogen-bond acceptors (Lipinski definition) is 4. The zero-order valence-corrected chi connectivity index (χ0v) is 9.41. The molecule has 1 aromatic carbocycles. The lowest BCUT2D eigenvalue weighted by Crippen LogP contribution is -2.16. The maximum absolute atomic E-state index is 10.8. The van der Waals surface area contributed by atoms with Crippen LogP contribution >= 0.6 is 0 Å². The molecule has 1 aliphatic rings. The Bertz CT molecular complexity index is 427. The van der Waals surface area contributed by atoms with Gasteiger partial charge in [-0.1, -0.05) is 0 Å². The fourth-order valence-electron chi connectivity index (χ4n) is 1.59. The minimum Gasteiger partial charge on any atom is -0.388 e. The van der Waals surface area contributed by atoms with Crippen LogP contribution in [0.2, 0.25) is 0 Å². The zero-order chi connectivity index (χ0) is 11.8. The highest BCUT2D eigenvalue weighted by atomic mass is 16.6. The van der Waals surface area contributed by atoms with Crippen LogP contribution in [0.3, 0.4) is 0 Å². The number of nitrogens with zero attached hydrogens (tertiary/aromatic N) is 1. The van der Waals surface area contributed by atoms with Crippen molar-refractivity contribution in [1.29, 1.82) is 0 Å². The monoisotopic (exact) mass is 221 g/mol. The van der Waals surface area contributed by atoms with E-state index in [1.54, 1.807) is 13.1 Å². The van der Waals surface area contributed by atoms with Gasteiger partial charge in [-0.05, 0) is 25.8 Å². The third kappa shape index (κ3) is 2.24. The van der Waals surface area contributed by atoms with Gasteiger partial charge in [0.25, 0.3) is 5.69 Å². The minimum absolute atomic E-state index is 0.110. The third-order valence-corrected chi connectivity index (χ3v) is 2.86. The van der Waals surface area contributed by atoms with Crippen LogP contribution in [0.15, 0.2) is 18.2 Å². The Morgan fingerprint density at radius 1 is 1.31 bits per heavy atom. The Balaban J connectivity index is 2.29. The van der Waals surface area contributed by atoms with E-state index in [2.05, 4.69) is 17.6 Å². The maximum atomic E-state index is 10.8. The standard InChI is InChI=1S/C11H15N3O2/c1-11(3-4-11)13-9-5-8(12-2)6-10(7-9)14(15)16/h5-7,12-13H,3-4H2,1-2H3. The highest BCUT2D eigenvalue weighted by molar-refractivity contribution is 5.64. The van der Waals surface area contributed by atoms with Crippen molar-refractivity contribution in [1.82, 2.24) is 0 Å². The molecule has 0 aliphatic heterocycles. The molecule has 0 aromatic heterocycles. The number of non-ortho nitro benzene ring substituents is 1. The quantitative estimate of drug-likeness (QED) is 0.605. The second kappa shape index (κ2) is 3.66. The number of benzene rings is 1. The zero-order valence-electron chi connectivity index (χ0n) is 9.41. The molecule has 5 nitrogen and oxygen atoms in total. The highest BCUT2D eigenvalue weighted by Crippen LogP contribution is 2.39. The van der Waals surface area contributed by atoms with E-state index in [1.165, 1.54) is 6.07 Å². The van der Waals surface area contributed by atoms with Crippen LogP contribution in [0.1, 0.15) is 19.8 Å². The van der Waals surface area contributed by atoms with Gasteiger partial charge in [-0.3, -0.25) is 10.1 Å². The molecule has 0 atom stereocenters. The summed E-state index contributed by atoms with van der Waals surface area (Å²) in [5.41, 5.74) is 1.79. The van der Waals surface area contributed by atoms with Crippen LogP contribution in [-0.4, -0.2) is 17.5 Å². The summed E-state index contributed by atoms with van der Waals surface area (Å²) in [6.07, 6.45) is 2.23. The lowest BCUT2D eigenvalue weighted by molar-refractivity contribution is -0.384. The molecule has 0 spiro atoms. The number of hydrogen-bond donors (Lipinski definition) is 2. The van der Waals surface area contributed by atoms with Gasteiger partial charge < -0.3 is 10.6 Å². The molecule has 0 saturated heterocycles. The first-order chi connectivity index (χ1) is 7.52. The molecule has 2 rings (SSSR count). The molecule has 1 saturated carbocycles. The summed E-state index contributed by atoms with van der Waals surface area (Å²) < 4.78 is 0. The molecule has 0 bridgehead atoms. The summed E-state index contributed by atoms with van der Waals surface area (Å²) in [5, 5.41) is 17.0. The van der Waals surface area contributed by atoms with E-state index in [-0.39, 0.29) is 16.1 Å². The van der Waals surface area contributed by atoms with Crippen LogP contribution in [-0.2, 0) is 0 Å². The van der Waals surface area contributed by atoms with Gasteiger partial charge >= 0.3 is 0 Å². The summed E-state index contributed by atoms with van der Waals surface area (Å²) in [6.45, 7) is 2.12. The summed E-state index contributed by atoms with van der Waals surface area (Å²) in [6, 6.07) is 4.99. The normalized spacial score (nSPS) is 16.6. The van der Waals surface area contributed by atoms with Crippen molar-refractivity contribution in [2.75, 3.05) is 17.7 Å². The summed E-state index contributed by atoms with van der Waals surface area (Å²) >= 11 is 0. The SMILES string of the molecule is CNc1cc(NC2(C)CC2)cc([N+](=O)[O-])c1. The number of anilines is 2. The van der Waals surface area contributed by atoms with Crippen molar-refractivity contribution in [3.63, 3.8) is 0 Å². The lowest BCUT2D eigenvalue weighted by Gasteiger charge is -2.14. The number of nitro benzene ring substituents is 1. The van der Waals surface area contributed by atoms with Gasteiger partial charge in [0.15, 0.2) is 0 Å². The van der Waals surface area contributed by atoms with Gasteiger partial charge in [-0.25, -0.2) is 0 Å². The Hall–Kier alpha value is -1.78. The van der Waals surface area contributed by atoms with Crippen molar-refractivity contribution in [2.45, 2.75) is 25.3 Å². The molecule has 0 amide bonds. The van der Waals surface area contributed by atoms with Gasteiger partial charge in [-0.2, -0.15) is 0 Å². The van der Waals surface area contributed by atoms with Crippen LogP contribution in [0.5, 0.6) is 0 Å². The van der Waals surface area contributed by atoms with Crippen molar-refractivity contribution in [3.05, 3.63) is 28.3 Å². The lowest BCUT2D eigenvalue weighted by atomic mass is 10.2. The highest BCUT2D eigenvalue weighted by Gasteiger charge is 2.37. The molecule has 0 heterocycles. The molecule has 1 aliphatic carbocycles. The van der Waals surface area contributed by atoms with Gasteiger partial charge in [0.1, 0.15) is 0 Å². The van der Waals surface area contributed by atoms with Crippen LogP contribution < -0.4 is 10.6 Å². The molecular weight excluding hydrogens is 206 g/mol. The minimum atomic E-state index is -0.374. The molecule has 0 radical (unpaired) electrons. The Morgan fingerprint density at radius 2 is 1.94 bits per heavy atom. The van der Waals surface area contributed by atoms with E-state index in [0.717, 1.165) is 24.2 Å². The summed E-state index contributed by atoms with van der Waals surface area (Å²) in [7, 11) is 1.75. The molecule has 2 N–H and O–H groups in total. The van der Waals surface area contributed by atoms with Gasteiger partial charge in [0.05, 0.1) is 4.92 Å². The third-order valence-electron chi connectivity index (χ3n) is 2.86. The Labute approximate surface area is 94.0 Å². The number of nitro groups is 1. The van der Waals surface area contributed by atoms with Crippen LogP contribution in [0.4, 0.5) is 17.1 Å². The van der Waals surface area contributed by atoms with Crippen LogP contribution in [0, 0.1) is 10.1 Å². The summed E-state index contributed by atoms with van der Waals surface area (Å²) in [4.78, 5) is 10.4. The fraction of sp³-hybridized carbons (Fsp3) is 0.455. The molecule has 1 aromatic rings. The van der Waals surface area contributed by atoms with E-state index in [4.69, 9.17) is 0 Å². The van der Waals surface area contributed by atoms with E-state index in [9.17, 15) is 10.1 Å². The van der Waals surface area contributed by atoms with E-state index < -0.39 is 0 Å². The van der Waals surface area contributed by atoms with Gasteiger partial charge in [-0.15, -0.1) is 0 Å². The molecule has 0 unspecified atom stereocenters. The average molecular weight is 221 g/mol. The fourth-order valence-corrected chi connectivity index (χ4v) is 1.59. The van der Waals surface area contributed by atoms with Crippen LogP contribution in [0.25, 0.3) is 0 Å². The van der Waals surface area contributed by atoms with Crippen molar-refractivity contribution in [3.8, 4) is 0 Å². The number of rotatable bonds is 4. The van der Waals surface area contributed by atoms with E-state index in [1.807, 2.05) is 6.07 Å². The molecule has 1 fully saturated rings. The van der Waals surface area contributed by atoms with E-state index in [0.29, 0.717) is 0 Å². The van der Waals surface area contributed by atoms with E-state index >= 15 is 0 Å². The molecule has 86 valence electrons. The average Bonchev–Trinajstić information content (AvgIpc) is 2.95. The second-order valence-corrected chi connectivity index (χ2v) is 4.46. The Kier molecular flexibility index (Phi) is 2.46.